The summed E-state index contributed by atoms with van der Waals surface area (Å²) in [5.41, 5.74) is 1.08. The Kier molecular flexibility index (Phi) is 4.97. The third-order valence-corrected chi connectivity index (χ3v) is 8.89. The van der Waals surface area contributed by atoms with Crippen molar-refractivity contribution in [2.45, 2.75) is 69.8 Å². The van der Waals surface area contributed by atoms with Crippen LogP contribution in [0.4, 0.5) is 8.78 Å². The number of carbonyl (C=O) groups is 1. The van der Waals surface area contributed by atoms with E-state index in [1.54, 1.807) is 19.2 Å². The van der Waals surface area contributed by atoms with Gasteiger partial charge in [0.2, 0.25) is 0 Å². The molecule has 2 heterocycles. The van der Waals surface area contributed by atoms with Crippen molar-refractivity contribution >= 4 is 5.78 Å². The van der Waals surface area contributed by atoms with E-state index in [0.717, 1.165) is 24.1 Å². The zero-order valence-corrected chi connectivity index (χ0v) is 20.6. The summed E-state index contributed by atoms with van der Waals surface area (Å²) >= 11 is 0. The van der Waals surface area contributed by atoms with Crippen LogP contribution >= 0.6 is 0 Å². The minimum absolute atomic E-state index is 0.0803. The van der Waals surface area contributed by atoms with Crippen LogP contribution in [0.3, 0.4) is 0 Å². The van der Waals surface area contributed by atoms with Crippen LogP contribution in [0.1, 0.15) is 86.2 Å². The number of nitrogens with zero attached hydrogens (tertiary/aromatic N) is 4. The second-order valence-electron chi connectivity index (χ2n) is 11.5. The lowest BCUT2D eigenvalue weighted by Gasteiger charge is -2.40. The Hall–Kier alpha value is -3.13. The molecule has 0 saturated heterocycles. The van der Waals surface area contributed by atoms with Crippen molar-refractivity contribution < 1.29 is 18.7 Å². The van der Waals surface area contributed by atoms with E-state index >= 15 is 0 Å². The smallest absolute Gasteiger partial charge is 0.183 e. The van der Waals surface area contributed by atoms with Crippen molar-refractivity contribution in [3.05, 3.63) is 70.9 Å². The van der Waals surface area contributed by atoms with Gasteiger partial charge in [0.05, 0.1) is 39.9 Å². The summed E-state index contributed by atoms with van der Waals surface area (Å²) < 4.78 is 29.0. The number of Topliss-reactive ketones (excluding diaryl/α,β-unsaturated/α-hetero) is 1. The molecule has 6 nitrogen and oxygen atoms in total. The van der Waals surface area contributed by atoms with Gasteiger partial charge < -0.3 is 5.11 Å². The number of halogens is 2. The largest absolute Gasteiger partial charge is 0.390 e. The van der Waals surface area contributed by atoms with E-state index in [2.05, 4.69) is 29.0 Å². The number of rotatable bonds is 5. The van der Waals surface area contributed by atoms with Gasteiger partial charge in [0.25, 0.3) is 0 Å². The molecule has 0 aliphatic heterocycles. The highest BCUT2D eigenvalue weighted by Crippen LogP contribution is 2.69. The van der Waals surface area contributed by atoms with Gasteiger partial charge in [0.1, 0.15) is 17.3 Å². The van der Waals surface area contributed by atoms with E-state index in [0.29, 0.717) is 30.7 Å². The third-order valence-electron chi connectivity index (χ3n) is 8.89. The third kappa shape index (κ3) is 3.19. The van der Waals surface area contributed by atoms with Gasteiger partial charge in [-0.25, -0.2) is 13.8 Å². The summed E-state index contributed by atoms with van der Waals surface area (Å²) in [4.78, 5) is 22.2. The molecule has 3 aliphatic rings. The van der Waals surface area contributed by atoms with Gasteiger partial charge in [-0.15, -0.1) is 5.10 Å². The molecule has 3 aromatic rings. The molecular weight excluding hydrogens is 462 g/mol. The van der Waals surface area contributed by atoms with E-state index in [1.165, 1.54) is 24.4 Å². The first-order valence-electron chi connectivity index (χ1n) is 12.4. The average Bonchev–Trinajstić information content (AvgIpc) is 3.19. The summed E-state index contributed by atoms with van der Waals surface area (Å²) in [6.45, 7) is 6.10. The molecule has 1 aromatic carbocycles. The molecule has 6 rings (SSSR count). The number of carbonyl (C=O) groups excluding carboxylic acids is 1. The molecule has 2 aromatic heterocycles. The van der Waals surface area contributed by atoms with Gasteiger partial charge in [0.15, 0.2) is 5.78 Å². The average molecular weight is 491 g/mol. The Labute approximate surface area is 208 Å². The number of aliphatic hydroxyl groups is 1. The molecular formula is C28H28F2N4O2. The van der Waals surface area contributed by atoms with Gasteiger partial charge in [-0.3, -0.25) is 9.78 Å². The van der Waals surface area contributed by atoms with Gasteiger partial charge in [-0.1, -0.05) is 19.9 Å². The molecule has 186 valence electrons. The van der Waals surface area contributed by atoms with Gasteiger partial charge in [0, 0.05) is 12.6 Å². The van der Waals surface area contributed by atoms with Crippen molar-refractivity contribution in [2.75, 3.05) is 0 Å². The maximum Gasteiger partial charge on any atom is 0.183 e. The molecule has 2 fully saturated rings. The second-order valence-corrected chi connectivity index (χ2v) is 11.5. The number of fused-ring (bicyclic) bond motifs is 5. The van der Waals surface area contributed by atoms with Crippen molar-refractivity contribution in [3.63, 3.8) is 0 Å². The summed E-state index contributed by atoms with van der Waals surface area (Å²) in [5.74, 6) is -1.17. The molecule has 2 atom stereocenters. The molecule has 8 heteroatoms. The molecule has 36 heavy (non-hydrogen) atoms. The van der Waals surface area contributed by atoms with E-state index < -0.39 is 22.7 Å². The fraction of sp³-hybridized carbons (Fsp3) is 0.464. The van der Waals surface area contributed by atoms with E-state index in [1.807, 2.05) is 0 Å². The number of hydrogen-bond acceptors (Lipinski definition) is 6. The zero-order valence-electron chi connectivity index (χ0n) is 20.6. The maximum atomic E-state index is 14.5. The van der Waals surface area contributed by atoms with Gasteiger partial charge in [-0.05, 0) is 73.6 Å². The Morgan fingerprint density at radius 1 is 1.11 bits per heavy atom. The monoisotopic (exact) mass is 490 g/mol. The van der Waals surface area contributed by atoms with Crippen LogP contribution in [0.25, 0.3) is 11.3 Å². The van der Waals surface area contributed by atoms with Crippen LogP contribution < -0.4 is 0 Å². The Balaban J connectivity index is 1.39. The quantitative estimate of drug-likeness (QED) is 0.498. The molecule has 1 N–H and O–H groups in total. The van der Waals surface area contributed by atoms with Crippen molar-refractivity contribution in [1.29, 1.82) is 0 Å². The summed E-state index contributed by atoms with van der Waals surface area (Å²) in [6, 6.07) is 5.53. The second kappa shape index (κ2) is 7.68. The molecule has 2 saturated carbocycles. The zero-order chi connectivity index (χ0) is 25.5. The first kappa shape index (κ1) is 23.3. The fourth-order valence-electron chi connectivity index (χ4n) is 7.16. The fourth-order valence-corrected chi connectivity index (χ4v) is 7.16. The Morgan fingerprint density at radius 3 is 2.53 bits per heavy atom. The SMILES string of the molecule is CC1(O)CC(CC(=O)c2cncc([C@@]34CC[C@@H](c5cc(-c6c(F)cccc6F)nnc53)C4(C)C)n2)C1. The van der Waals surface area contributed by atoms with Gasteiger partial charge in [-0.2, -0.15) is 5.10 Å². The predicted octanol–water partition coefficient (Wildman–Crippen LogP) is 5.15. The van der Waals surface area contributed by atoms with Crippen molar-refractivity contribution in [3.8, 4) is 11.3 Å². The first-order valence-corrected chi connectivity index (χ1v) is 12.4. The lowest BCUT2D eigenvalue weighted by atomic mass is 9.66. The van der Waals surface area contributed by atoms with Crippen LogP contribution in [0.2, 0.25) is 0 Å². The lowest BCUT2D eigenvalue weighted by Crippen LogP contribution is -2.41. The van der Waals surface area contributed by atoms with Crippen molar-refractivity contribution in [1.82, 2.24) is 20.2 Å². The number of hydrogen-bond donors (Lipinski definition) is 1. The summed E-state index contributed by atoms with van der Waals surface area (Å²) in [5, 5.41) is 18.8. The highest BCUT2D eigenvalue weighted by atomic mass is 19.1. The minimum Gasteiger partial charge on any atom is -0.390 e. The van der Waals surface area contributed by atoms with Crippen LogP contribution in [0.15, 0.2) is 36.7 Å². The molecule has 0 amide bonds. The molecule has 0 radical (unpaired) electrons. The number of aromatic nitrogens is 4. The van der Waals surface area contributed by atoms with Crippen LogP contribution in [-0.4, -0.2) is 36.7 Å². The van der Waals surface area contributed by atoms with Crippen molar-refractivity contribution in [2.24, 2.45) is 11.3 Å². The molecule has 0 unspecified atom stereocenters. The Morgan fingerprint density at radius 2 is 1.83 bits per heavy atom. The standard InChI is InChI=1S/C28H28F2N4O2/c1-26(2)17-7-8-28(26,23-14-31-13-21(32-23)22(35)9-15-11-27(3,36)12-15)25-16(17)10-20(33-34-25)24-18(29)5-4-6-19(24)30/h4-6,10,13-15,17,36H,7-9,11-12H2,1-3H3/t15?,17-,27?,28-/m0/s1. The maximum absolute atomic E-state index is 14.5. The van der Waals surface area contributed by atoms with Crippen LogP contribution in [0.5, 0.6) is 0 Å². The first-order chi connectivity index (χ1) is 17.0. The van der Waals surface area contributed by atoms with Crippen LogP contribution in [0, 0.1) is 23.0 Å². The Bertz CT molecular complexity index is 1380. The number of benzene rings is 1. The highest BCUT2D eigenvalue weighted by Gasteiger charge is 2.65. The molecule has 0 spiro atoms. The van der Waals surface area contributed by atoms with E-state index in [-0.39, 0.29) is 34.3 Å². The molecule has 3 aliphatic carbocycles. The topological polar surface area (TPSA) is 88.9 Å². The van der Waals surface area contributed by atoms with Gasteiger partial charge >= 0.3 is 0 Å². The highest BCUT2D eigenvalue weighted by molar-refractivity contribution is 5.94. The number of ketones is 1. The van der Waals surface area contributed by atoms with E-state index in [9.17, 15) is 18.7 Å². The predicted molar refractivity (Wildman–Crippen MR) is 128 cm³/mol. The molecule has 2 bridgehead atoms. The normalized spacial score (nSPS) is 29.6. The minimum atomic E-state index is -0.684. The summed E-state index contributed by atoms with van der Waals surface area (Å²) in [7, 11) is 0. The van der Waals surface area contributed by atoms with Crippen LogP contribution in [-0.2, 0) is 5.41 Å². The van der Waals surface area contributed by atoms with E-state index in [4.69, 9.17) is 4.98 Å². The lowest BCUT2D eigenvalue weighted by molar-refractivity contribution is -0.0564. The summed E-state index contributed by atoms with van der Waals surface area (Å²) in [6.07, 6.45) is 6.40.